The molecular weight excluding hydrogens is 513 g/mol. The van der Waals surface area contributed by atoms with Crippen LogP contribution in [0.25, 0.3) is 22.8 Å². The smallest absolute Gasteiger partial charge is 0.431 e. The van der Waals surface area contributed by atoms with E-state index in [2.05, 4.69) is 19.9 Å². The Bertz CT molecular complexity index is 1290. The minimum atomic E-state index is -5.36. The van der Waals surface area contributed by atoms with E-state index in [1.54, 1.807) is 6.07 Å². The second kappa shape index (κ2) is 9.30. The van der Waals surface area contributed by atoms with Crippen LogP contribution in [0.2, 0.25) is 5.02 Å². The van der Waals surface area contributed by atoms with Crippen LogP contribution < -0.4 is 4.74 Å². The van der Waals surface area contributed by atoms with Gasteiger partial charge < -0.3 is 14.4 Å². The second-order valence-electron chi connectivity index (χ2n) is 8.57. The fraction of sp³-hybridized carbons (Fsp3) is 0.391. The number of rotatable bonds is 7. The van der Waals surface area contributed by atoms with Crippen LogP contribution in [0.3, 0.4) is 0 Å². The monoisotopic (exact) mass is 531 g/mol. The van der Waals surface area contributed by atoms with Crippen molar-refractivity contribution in [3.05, 3.63) is 46.1 Å². The molecule has 0 saturated carbocycles. The Morgan fingerprint density at radius 1 is 1.31 bits per heavy atom. The van der Waals surface area contributed by atoms with Crippen LogP contribution in [0.5, 0.6) is 5.88 Å². The summed E-state index contributed by atoms with van der Waals surface area (Å²) in [5.41, 5.74) is 3.69. The number of hydrogen-bond acceptors (Lipinski definition) is 6. The van der Waals surface area contributed by atoms with Gasteiger partial charge in [-0.3, -0.25) is 4.79 Å². The number of hydrogen-bond donors (Lipinski definition) is 1. The van der Waals surface area contributed by atoms with Crippen LogP contribution in [0.1, 0.15) is 42.4 Å². The standard InChI is InChI=1S/C23H19ClF5N3O4/c1-10-13-4-3-11(8-17(33)34)15(13)6-5-14(10)18-31-19(36-32-18)12-7-16(24)20(30-9-12)35-21(22(2,25)26)23(27,28)29/h5-7,9,11,21H,3-4,8H2,1-2H3,(H,33,34). The molecule has 1 aliphatic carbocycles. The lowest BCUT2D eigenvalue weighted by molar-refractivity contribution is -0.255. The number of ether oxygens (including phenoxy) is 1. The van der Waals surface area contributed by atoms with E-state index in [0.29, 0.717) is 12.0 Å². The molecule has 7 nitrogen and oxygen atoms in total. The third kappa shape index (κ3) is 5.13. The van der Waals surface area contributed by atoms with Gasteiger partial charge in [-0.25, -0.2) is 13.8 Å². The summed E-state index contributed by atoms with van der Waals surface area (Å²) in [5.74, 6) is -5.81. The van der Waals surface area contributed by atoms with Crippen LogP contribution in [0, 0.1) is 6.92 Å². The number of carboxylic acid groups (broad SMARTS) is 1. The Kier molecular flexibility index (Phi) is 6.67. The van der Waals surface area contributed by atoms with Gasteiger partial charge in [0.05, 0.1) is 12.0 Å². The van der Waals surface area contributed by atoms with Gasteiger partial charge in [-0.1, -0.05) is 28.9 Å². The first-order valence-corrected chi connectivity index (χ1v) is 11.1. The zero-order chi connectivity index (χ0) is 26.4. The molecule has 1 N–H and O–H groups in total. The quantitative estimate of drug-likeness (QED) is 0.361. The molecule has 0 spiro atoms. The minimum absolute atomic E-state index is 0.0469. The van der Waals surface area contributed by atoms with Crippen molar-refractivity contribution >= 4 is 17.6 Å². The summed E-state index contributed by atoms with van der Waals surface area (Å²) in [4.78, 5) is 19.1. The molecule has 36 heavy (non-hydrogen) atoms. The fourth-order valence-electron chi connectivity index (χ4n) is 4.28. The van der Waals surface area contributed by atoms with Gasteiger partial charge in [-0.2, -0.15) is 18.2 Å². The van der Waals surface area contributed by atoms with Crippen molar-refractivity contribution in [1.29, 1.82) is 0 Å². The number of aliphatic carboxylic acids is 1. The van der Waals surface area contributed by atoms with Crippen molar-refractivity contribution in [2.75, 3.05) is 0 Å². The molecule has 3 aromatic rings. The Labute approximate surface area is 206 Å². The second-order valence-corrected chi connectivity index (χ2v) is 8.98. The highest BCUT2D eigenvalue weighted by atomic mass is 35.5. The Hall–Kier alpha value is -3.28. The number of carboxylic acids is 1. The highest BCUT2D eigenvalue weighted by molar-refractivity contribution is 6.32. The van der Waals surface area contributed by atoms with E-state index < -0.39 is 35.1 Å². The SMILES string of the molecule is Cc1c(-c2noc(-c3cnc(OC(C(C)(F)F)C(F)(F)F)c(Cl)c3)n2)ccc2c1CCC2CC(=O)O. The lowest BCUT2D eigenvalue weighted by Gasteiger charge is -2.26. The van der Waals surface area contributed by atoms with Gasteiger partial charge in [0.15, 0.2) is 0 Å². The van der Waals surface area contributed by atoms with Gasteiger partial charge in [0.2, 0.25) is 11.7 Å². The molecule has 2 atom stereocenters. The molecule has 2 heterocycles. The number of fused-ring (bicyclic) bond motifs is 1. The summed E-state index contributed by atoms with van der Waals surface area (Å²) in [6, 6.07) is 4.74. The summed E-state index contributed by atoms with van der Waals surface area (Å²) in [5, 5.41) is 12.6. The third-order valence-electron chi connectivity index (χ3n) is 5.95. The molecule has 13 heteroatoms. The first-order valence-electron chi connectivity index (χ1n) is 10.7. The molecule has 2 unspecified atom stereocenters. The van der Waals surface area contributed by atoms with Crippen LogP contribution in [-0.2, 0) is 11.2 Å². The van der Waals surface area contributed by atoms with Gasteiger partial charge in [0.1, 0.15) is 5.02 Å². The van der Waals surface area contributed by atoms with Gasteiger partial charge in [0.25, 0.3) is 17.9 Å². The maximum absolute atomic E-state index is 13.4. The molecule has 0 aliphatic heterocycles. The van der Waals surface area contributed by atoms with Gasteiger partial charge in [-0.15, -0.1) is 0 Å². The van der Waals surface area contributed by atoms with Gasteiger partial charge in [0, 0.05) is 18.7 Å². The zero-order valence-electron chi connectivity index (χ0n) is 18.9. The molecule has 0 saturated heterocycles. The van der Waals surface area contributed by atoms with Crippen LogP contribution in [0.4, 0.5) is 22.0 Å². The van der Waals surface area contributed by atoms with E-state index in [9.17, 15) is 26.7 Å². The number of pyridine rings is 1. The summed E-state index contributed by atoms with van der Waals surface area (Å²) < 4.78 is 75.5. The lowest BCUT2D eigenvalue weighted by Crippen LogP contribution is -2.47. The minimum Gasteiger partial charge on any atom is -0.481 e. The molecule has 0 bridgehead atoms. The highest BCUT2D eigenvalue weighted by Gasteiger charge is 2.55. The van der Waals surface area contributed by atoms with Crippen LogP contribution in [0.15, 0.2) is 28.9 Å². The van der Waals surface area contributed by atoms with Gasteiger partial charge >= 0.3 is 12.1 Å². The van der Waals surface area contributed by atoms with E-state index >= 15 is 0 Å². The maximum Gasteiger partial charge on any atom is 0.431 e. The van der Waals surface area contributed by atoms with Crippen molar-refractivity contribution in [2.45, 2.75) is 57.2 Å². The van der Waals surface area contributed by atoms with E-state index in [1.165, 1.54) is 0 Å². The number of benzene rings is 1. The molecule has 4 rings (SSSR count). The van der Waals surface area contributed by atoms with Crippen LogP contribution >= 0.6 is 11.6 Å². The largest absolute Gasteiger partial charge is 0.481 e. The predicted octanol–water partition coefficient (Wildman–Crippen LogP) is 6.23. The summed E-state index contributed by atoms with van der Waals surface area (Å²) in [6.07, 6.45) is -6.29. The average Bonchev–Trinajstić information content (AvgIpc) is 3.39. The first kappa shape index (κ1) is 25.8. The molecule has 192 valence electrons. The topological polar surface area (TPSA) is 98.3 Å². The maximum atomic E-state index is 13.4. The van der Waals surface area contributed by atoms with E-state index in [1.807, 2.05) is 13.0 Å². The number of aromatic nitrogens is 3. The predicted molar refractivity (Wildman–Crippen MR) is 117 cm³/mol. The van der Waals surface area contributed by atoms with Gasteiger partial charge in [-0.05, 0) is 48.4 Å². The van der Waals surface area contributed by atoms with Crippen molar-refractivity contribution in [2.24, 2.45) is 0 Å². The Balaban J connectivity index is 1.59. The Morgan fingerprint density at radius 3 is 2.64 bits per heavy atom. The molecule has 1 aliphatic rings. The molecule has 0 amide bonds. The van der Waals surface area contributed by atoms with Crippen molar-refractivity contribution in [3.63, 3.8) is 0 Å². The van der Waals surface area contributed by atoms with Crippen molar-refractivity contribution < 1.29 is 41.1 Å². The highest BCUT2D eigenvalue weighted by Crippen LogP contribution is 2.41. The van der Waals surface area contributed by atoms with E-state index in [4.69, 9.17) is 21.2 Å². The summed E-state index contributed by atoms with van der Waals surface area (Å²) >= 11 is 5.95. The average molecular weight is 532 g/mol. The number of alkyl halides is 5. The number of carbonyl (C=O) groups is 1. The van der Waals surface area contributed by atoms with E-state index in [-0.39, 0.29) is 36.5 Å². The zero-order valence-corrected chi connectivity index (χ0v) is 19.6. The van der Waals surface area contributed by atoms with E-state index in [0.717, 1.165) is 35.4 Å². The molecule has 2 aromatic heterocycles. The van der Waals surface area contributed by atoms with Crippen molar-refractivity contribution in [1.82, 2.24) is 15.1 Å². The molecule has 0 fully saturated rings. The third-order valence-corrected chi connectivity index (χ3v) is 6.22. The van der Waals surface area contributed by atoms with Crippen LogP contribution in [-0.4, -0.2) is 44.4 Å². The number of nitrogens with zero attached hydrogens (tertiary/aromatic N) is 3. The fourth-order valence-corrected chi connectivity index (χ4v) is 4.49. The van der Waals surface area contributed by atoms with Crippen molar-refractivity contribution in [3.8, 4) is 28.7 Å². The molecule has 1 aromatic carbocycles. The first-order chi connectivity index (χ1) is 16.8. The summed E-state index contributed by atoms with van der Waals surface area (Å²) in [6.45, 7) is 1.96. The Morgan fingerprint density at radius 2 is 2.03 bits per heavy atom. The molecular formula is C23H19ClF5N3O4. The number of halogens is 6. The summed E-state index contributed by atoms with van der Waals surface area (Å²) in [7, 11) is 0. The lowest BCUT2D eigenvalue weighted by atomic mass is 9.93. The molecule has 0 radical (unpaired) electrons. The normalized spacial score (nSPS) is 16.6.